The third-order valence-electron chi connectivity index (χ3n) is 14.2. The van der Waals surface area contributed by atoms with Crippen molar-refractivity contribution in [2.75, 3.05) is 4.90 Å². The van der Waals surface area contributed by atoms with Gasteiger partial charge >= 0.3 is 0 Å². The zero-order chi connectivity index (χ0) is 45.7. The van der Waals surface area contributed by atoms with Crippen molar-refractivity contribution >= 4 is 39.0 Å². The lowest BCUT2D eigenvalue weighted by Crippen LogP contribution is -2.31. The molecule has 0 amide bonds. The first kappa shape index (κ1) is 40.3. The Balaban J connectivity index is 0.891. The predicted octanol–water partition coefficient (Wildman–Crippen LogP) is 18.1. The van der Waals surface area contributed by atoms with E-state index in [9.17, 15) is 0 Å². The van der Waals surface area contributed by atoms with E-state index in [2.05, 4.69) is 266 Å². The standard InChI is InChI=1S/C67H45NO/c1-3-16-46(17-4-1)48-32-40-53(41-33-48)68(55-44-36-50(37-45-55)56-25-15-26-62-61-24-11-14-29-65(61)69-66(56)62)54-42-34-49(35-43-54)47-30-38-52(39-31-47)67(51-18-5-2-6-19-51)63-27-12-9-22-59(63)57-20-7-8-21-58(57)60-23-10-13-28-64(60)67/h1-45H. The van der Waals surface area contributed by atoms with E-state index in [4.69, 9.17) is 4.42 Å². The van der Waals surface area contributed by atoms with Crippen LogP contribution in [-0.2, 0) is 5.41 Å². The van der Waals surface area contributed by atoms with Crippen molar-refractivity contribution < 1.29 is 4.42 Å². The lowest BCUT2D eigenvalue weighted by Gasteiger charge is -2.38. The number of rotatable bonds is 8. The molecular weight excluding hydrogens is 835 g/mol. The molecule has 1 heterocycles. The van der Waals surface area contributed by atoms with Crippen LogP contribution in [0.2, 0.25) is 0 Å². The highest BCUT2D eigenvalue weighted by Gasteiger charge is 2.43. The van der Waals surface area contributed by atoms with Crippen LogP contribution in [0.15, 0.2) is 277 Å². The van der Waals surface area contributed by atoms with Crippen LogP contribution in [0.25, 0.3) is 77.6 Å². The molecule has 0 aliphatic heterocycles. The molecule has 0 fully saturated rings. The van der Waals surface area contributed by atoms with E-state index >= 15 is 0 Å². The molecule has 11 aromatic carbocycles. The summed E-state index contributed by atoms with van der Waals surface area (Å²) in [6.07, 6.45) is 0. The molecule has 1 aliphatic carbocycles. The summed E-state index contributed by atoms with van der Waals surface area (Å²) in [6, 6.07) is 99.3. The number of fused-ring (bicyclic) bond motifs is 8. The number of anilines is 3. The smallest absolute Gasteiger partial charge is 0.143 e. The average molecular weight is 880 g/mol. The number of hydrogen-bond acceptors (Lipinski definition) is 2. The Hall–Kier alpha value is -8.98. The molecule has 0 saturated carbocycles. The number of benzene rings is 11. The molecule has 0 atom stereocenters. The Labute approximate surface area is 402 Å². The van der Waals surface area contributed by atoms with Gasteiger partial charge in [-0.2, -0.15) is 0 Å². The second-order valence-corrected chi connectivity index (χ2v) is 18.0. The van der Waals surface area contributed by atoms with Crippen molar-refractivity contribution in [3.63, 3.8) is 0 Å². The summed E-state index contributed by atoms with van der Waals surface area (Å²) >= 11 is 0. The molecule has 1 aliphatic rings. The van der Waals surface area contributed by atoms with Crippen molar-refractivity contribution in [2.45, 2.75) is 5.41 Å². The van der Waals surface area contributed by atoms with E-state index in [-0.39, 0.29) is 0 Å². The maximum absolute atomic E-state index is 6.45. The van der Waals surface area contributed by atoms with Gasteiger partial charge in [0.25, 0.3) is 0 Å². The minimum absolute atomic E-state index is 0.569. The number of nitrogens with zero attached hydrogens (tertiary/aromatic N) is 1. The molecule has 0 saturated heterocycles. The van der Waals surface area contributed by atoms with E-state index in [1.165, 1.54) is 55.6 Å². The van der Waals surface area contributed by atoms with Gasteiger partial charge in [0, 0.05) is 33.4 Å². The fourth-order valence-corrected chi connectivity index (χ4v) is 11.0. The fraction of sp³-hybridized carbons (Fsp3) is 0.0149. The van der Waals surface area contributed by atoms with Gasteiger partial charge in [-0.25, -0.2) is 0 Å². The zero-order valence-corrected chi connectivity index (χ0v) is 37.8. The largest absolute Gasteiger partial charge is 0.455 e. The van der Waals surface area contributed by atoms with Crippen LogP contribution in [0.3, 0.4) is 0 Å². The highest BCUT2D eigenvalue weighted by atomic mass is 16.3. The van der Waals surface area contributed by atoms with Crippen LogP contribution in [0.1, 0.15) is 22.3 Å². The molecule has 0 N–H and O–H groups in total. The van der Waals surface area contributed by atoms with Crippen LogP contribution in [0, 0.1) is 0 Å². The van der Waals surface area contributed by atoms with Crippen LogP contribution in [0.5, 0.6) is 0 Å². The van der Waals surface area contributed by atoms with Gasteiger partial charge in [0.2, 0.25) is 0 Å². The summed E-state index contributed by atoms with van der Waals surface area (Å²) in [7, 11) is 0. The summed E-state index contributed by atoms with van der Waals surface area (Å²) in [5, 5.41) is 2.26. The number of furan rings is 1. The first-order chi connectivity index (χ1) is 34.2. The molecule has 0 radical (unpaired) electrons. The van der Waals surface area contributed by atoms with Crippen LogP contribution >= 0.6 is 0 Å². The van der Waals surface area contributed by atoms with Crippen molar-refractivity contribution in [3.8, 4) is 55.6 Å². The van der Waals surface area contributed by atoms with E-state index in [0.29, 0.717) is 0 Å². The molecule has 324 valence electrons. The topological polar surface area (TPSA) is 16.4 Å². The van der Waals surface area contributed by atoms with Gasteiger partial charge in [-0.15, -0.1) is 0 Å². The highest BCUT2D eigenvalue weighted by molar-refractivity contribution is 6.09. The minimum Gasteiger partial charge on any atom is -0.455 e. The quantitative estimate of drug-likeness (QED) is 0.151. The maximum atomic E-state index is 6.45. The first-order valence-electron chi connectivity index (χ1n) is 23.7. The Morgan fingerprint density at radius 2 is 0.652 bits per heavy atom. The summed E-state index contributed by atoms with van der Waals surface area (Å²) < 4.78 is 6.45. The lowest BCUT2D eigenvalue weighted by molar-refractivity contribution is 0.670. The van der Waals surface area contributed by atoms with Crippen molar-refractivity contribution in [1.82, 2.24) is 0 Å². The van der Waals surface area contributed by atoms with Crippen LogP contribution < -0.4 is 4.90 Å². The Kier molecular flexibility index (Phi) is 9.77. The third-order valence-corrected chi connectivity index (χ3v) is 14.2. The second kappa shape index (κ2) is 16.7. The molecule has 2 nitrogen and oxygen atoms in total. The highest BCUT2D eigenvalue weighted by Crippen LogP contribution is 2.55. The van der Waals surface area contributed by atoms with Crippen molar-refractivity contribution in [3.05, 3.63) is 295 Å². The van der Waals surface area contributed by atoms with Gasteiger partial charge < -0.3 is 9.32 Å². The predicted molar refractivity (Wildman–Crippen MR) is 287 cm³/mol. The van der Waals surface area contributed by atoms with Crippen LogP contribution in [0.4, 0.5) is 17.1 Å². The van der Waals surface area contributed by atoms with Gasteiger partial charge in [-0.1, -0.05) is 231 Å². The lowest BCUT2D eigenvalue weighted by atomic mass is 9.63. The minimum atomic E-state index is -0.569. The summed E-state index contributed by atoms with van der Waals surface area (Å²) in [4.78, 5) is 2.34. The molecular formula is C67H45NO. The van der Waals surface area contributed by atoms with E-state index in [1.807, 2.05) is 12.1 Å². The van der Waals surface area contributed by atoms with Gasteiger partial charge in [-0.05, 0) is 115 Å². The molecule has 69 heavy (non-hydrogen) atoms. The Morgan fingerprint density at radius 1 is 0.261 bits per heavy atom. The Bertz CT molecular complexity index is 3730. The van der Waals surface area contributed by atoms with Gasteiger partial charge in [0.05, 0.1) is 5.41 Å². The number of hydrogen-bond donors (Lipinski definition) is 0. The van der Waals surface area contributed by atoms with Gasteiger partial charge in [-0.3, -0.25) is 0 Å². The molecule has 2 heteroatoms. The monoisotopic (exact) mass is 879 g/mol. The molecule has 0 unspecified atom stereocenters. The normalized spacial score (nSPS) is 12.5. The fourth-order valence-electron chi connectivity index (χ4n) is 11.0. The molecule has 0 spiro atoms. The van der Waals surface area contributed by atoms with Crippen LogP contribution in [-0.4, -0.2) is 0 Å². The first-order valence-corrected chi connectivity index (χ1v) is 23.7. The van der Waals surface area contributed by atoms with Gasteiger partial charge in [0.1, 0.15) is 11.2 Å². The Morgan fingerprint density at radius 3 is 1.22 bits per heavy atom. The number of para-hydroxylation sites is 2. The maximum Gasteiger partial charge on any atom is 0.143 e. The summed E-state index contributed by atoms with van der Waals surface area (Å²) in [5.41, 5.74) is 21.4. The summed E-state index contributed by atoms with van der Waals surface area (Å²) in [5.74, 6) is 0. The average Bonchev–Trinajstić information content (AvgIpc) is 3.77. The van der Waals surface area contributed by atoms with Crippen molar-refractivity contribution in [2.24, 2.45) is 0 Å². The summed E-state index contributed by atoms with van der Waals surface area (Å²) in [6.45, 7) is 0. The SMILES string of the molecule is c1ccc(-c2ccc(N(c3ccc(-c4ccc(C5(c6ccccc6)c6ccccc6-c6ccccc6-c6ccccc65)cc4)cc3)c3ccc(-c4cccc5c4oc4ccccc45)cc3)cc2)cc1. The zero-order valence-electron chi connectivity index (χ0n) is 37.8. The molecule has 1 aromatic heterocycles. The van der Waals surface area contributed by atoms with E-state index in [1.54, 1.807) is 0 Å². The van der Waals surface area contributed by atoms with Gasteiger partial charge in [0.15, 0.2) is 0 Å². The molecule has 0 bridgehead atoms. The molecule has 12 aromatic rings. The third kappa shape index (κ3) is 6.72. The van der Waals surface area contributed by atoms with Crippen molar-refractivity contribution in [1.29, 1.82) is 0 Å². The van der Waals surface area contributed by atoms with E-state index < -0.39 is 5.41 Å². The van der Waals surface area contributed by atoms with E-state index in [0.717, 1.165) is 61.3 Å². The molecule has 13 rings (SSSR count). The second-order valence-electron chi connectivity index (χ2n) is 18.0.